The van der Waals surface area contributed by atoms with Gasteiger partial charge in [0.2, 0.25) is 0 Å². The van der Waals surface area contributed by atoms with Gasteiger partial charge in [-0.2, -0.15) is 0 Å². The lowest BCUT2D eigenvalue weighted by molar-refractivity contribution is -0.113. The third-order valence-electron chi connectivity index (χ3n) is 3.32. The van der Waals surface area contributed by atoms with E-state index >= 15 is 0 Å². The Hall–Kier alpha value is -1.96. The van der Waals surface area contributed by atoms with Gasteiger partial charge in [-0.25, -0.2) is 4.79 Å². The van der Waals surface area contributed by atoms with Crippen LogP contribution in [0.1, 0.15) is 15.9 Å². The molecule has 0 aromatic heterocycles. The molecule has 1 aliphatic rings. The molecular weight excluding hydrogens is 410 g/mol. The maximum absolute atomic E-state index is 12.6. The highest BCUT2D eigenvalue weighted by atomic mass is 79.9. The second kappa shape index (κ2) is 6.88. The molecule has 2 aromatic carbocycles. The van der Waals surface area contributed by atoms with Crippen LogP contribution < -0.4 is 4.90 Å². The number of thioether (sulfide) groups is 1. The zero-order valence-electron chi connectivity index (χ0n) is 12.1. The Morgan fingerprint density at radius 2 is 1.92 bits per heavy atom. The largest absolute Gasteiger partial charge is 0.478 e. The molecule has 1 heterocycles. The number of carboxylic acids is 1. The van der Waals surface area contributed by atoms with Crippen molar-refractivity contribution in [2.24, 2.45) is 0 Å². The van der Waals surface area contributed by atoms with Crippen molar-refractivity contribution >= 4 is 67.9 Å². The molecule has 0 spiro atoms. The average molecular weight is 420 g/mol. The van der Waals surface area contributed by atoms with Gasteiger partial charge in [-0.3, -0.25) is 9.69 Å². The lowest BCUT2D eigenvalue weighted by Crippen LogP contribution is -2.27. The molecule has 0 atom stereocenters. The first-order chi connectivity index (χ1) is 11.5. The van der Waals surface area contributed by atoms with E-state index in [-0.39, 0.29) is 11.5 Å². The number of rotatable bonds is 3. The van der Waals surface area contributed by atoms with Crippen molar-refractivity contribution in [2.45, 2.75) is 0 Å². The van der Waals surface area contributed by atoms with Crippen molar-refractivity contribution in [3.8, 4) is 0 Å². The second-order valence-electron chi connectivity index (χ2n) is 4.92. The zero-order valence-corrected chi connectivity index (χ0v) is 15.3. The maximum atomic E-state index is 12.6. The van der Waals surface area contributed by atoms with E-state index in [1.807, 2.05) is 24.3 Å². The number of amides is 1. The molecule has 1 aliphatic heterocycles. The summed E-state index contributed by atoms with van der Waals surface area (Å²) in [6.45, 7) is 0. The molecule has 0 bridgehead atoms. The van der Waals surface area contributed by atoms with Gasteiger partial charge in [-0.15, -0.1) is 0 Å². The predicted molar refractivity (Wildman–Crippen MR) is 103 cm³/mol. The van der Waals surface area contributed by atoms with Gasteiger partial charge >= 0.3 is 5.97 Å². The van der Waals surface area contributed by atoms with Gasteiger partial charge in [-0.05, 0) is 42.0 Å². The zero-order chi connectivity index (χ0) is 17.3. The van der Waals surface area contributed by atoms with Gasteiger partial charge in [0.25, 0.3) is 5.91 Å². The van der Waals surface area contributed by atoms with Crippen LogP contribution in [-0.4, -0.2) is 21.3 Å². The minimum atomic E-state index is -0.984. The Morgan fingerprint density at radius 3 is 2.54 bits per heavy atom. The molecule has 0 radical (unpaired) electrons. The molecule has 0 unspecified atom stereocenters. The molecule has 1 amide bonds. The number of thiocarbonyl (C=S) groups is 1. The van der Waals surface area contributed by atoms with Crippen LogP contribution >= 0.6 is 39.9 Å². The lowest BCUT2D eigenvalue weighted by atomic mass is 10.1. The molecular formula is C17H10BrNO3S2. The van der Waals surface area contributed by atoms with Crippen molar-refractivity contribution in [1.82, 2.24) is 0 Å². The van der Waals surface area contributed by atoms with Crippen molar-refractivity contribution < 1.29 is 14.7 Å². The third kappa shape index (κ3) is 3.43. The SMILES string of the molecule is O=C(O)c1ccc(/C=C2/SC(=S)N(c3cccc(Br)c3)C2=O)cc1. The quantitative estimate of drug-likeness (QED) is 0.583. The first-order valence-electron chi connectivity index (χ1n) is 6.82. The monoisotopic (exact) mass is 419 g/mol. The Kier molecular flexibility index (Phi) is 4.84. The summed E-state index contributed by atoms with van der Waals surface area (Å²) in [7, 11) is 0. The van der Waals surface area contributed by atoms with Gasteiger partial charge in [0, 0.05) is 4.47 Å². The molecule has 7 heteroatoms. The van der Waals surface area contributed by atoms with E-state index in [2.05, 4.69) is 15.9 Å². The van der Waals surface area contributed by atoms with E-state index in [9.17, 15) is 9.59 Å². The minimum Gasteiger partial charge on any atom is -0.478 e. The first-order valence-corrected chi connectivity index (χ1v) is 8.84. The Balaban J connectivity index is 1.89. The highest BCUT2D eigenvalue weighted by Gasteiger charge is 2.33. The molecule has 0 saturated carbocycles. The Morgan fingerprint density at radius 1 is 1.21 bits per heavy atom. The number of aromatic carboxylic acids is 1. The summed E-state index contributed by atoms with van der Waals surface area (Å²) < 4.78 is 1.33. The number of carbonyl (C=O) groups excluding carboxylic acids is 1. The van der Waals surface area contributed by atoms with E-state index < -0.39 is 5.97 Å². The summed E-state index contributed by atoms with van der Waals surface area (Å²) in [5.41, 5.74) is 1.65. The number of carboxylic acid groups (broad SMARTS) is 1. The van der Waals surface area contributed by atoms with Crippen molar-refractivity contribution in [3.63, 3.8) is 0 Å². The summed E-state index contributed by atoms with van der Waals surface area (Å²) in [5.74, 6) is -1.17. The highest BCUT2D eigenvalue weighted by Crippen LogP contribution is 2.36. The molecule has 4 nitrogen and oxygen atoms in total. The summed E-state index contributed by atoms with van der Waals surface area (Å²) in [6.07, 6.45) is 1.71. The van der Waals surface area contributed by atoms with Crippen molar-refractivity contribution in [2.75, 3.05) is 4.90 Å². The van der Waals surface area contributed by atoms with E-state index in [4.69, 9.17) is 17.3 Å². The van der Waals surface area contributed by atoms with Gasteiger partial charge in [-0.1, -0.05) is 58.1 Å². The number of hydrogen-bond acceptors (Lipinski definition) is 4. The minimum absolute atomic E-state index is 0.189. The van der Waals surface area contributed by atoms with Crippen LogP contribution in [0.3, 0.4) is 0 Å². The molecule has 2 aromatic rings. The molecule has 24 heavy (non-hydrogen) atoms. The van der Waals surface area contributed by atoms with Crippen molar-refractivity contribution in [1.29, 1.82) is 0 Å². The fraction of sp³-hybridized carbons (Fsp3) is 0. The van der Waals surface area contributed by atoms with E-state index in [0.717, 1.165) is 10.0 Å². The number of nitrogens with zero attached hydrogens (tertiary/aromatic N) is 1. The lowest BCUT2D eigenvalue weighted by Gasteiger charge is -2.14. The fourth-order valence-electron chi connectivity index (χ4n) is 2.18. The number of anilines is 1. The molecule has 1 N–H and O–H groups in total. The van der Waals surface area contributed by atoms with E-state index in [1.54, 1.807) is 18.2 Å². The van der Waals surface area contributed by atoms with Crippen LogP contribution in [-0.2, 0) is 4.79 Å². The molecule has 3 rings (SSSR count). The second-order valence-corrected chi connectivity index (χ2v) is 7.52. The number of hydrogen-bond donors (Lipinski definition) is 1. The van der Waals surface area contributed by atoms with Crippen LogP contribution in [0.15, 0.2) is 57.9 Å². The van der Waals surface area contributed by atoms with E-state index in [1.165, 1.54) is 28.8 Å². The summed E-state index contributed by atoms with van der Waals surface area (Å²) in [6, 6.07) is 13.7. The topological polar surface area (TPSA) is 57.6 Å². The average Bonchev–Trinajstić information content (AvgIpc) is 2.82. The fourth-order valence-corrected chi connectivity index (χ4v) is 3.86. The third-order valence-corrected chi connectivity index (χ3v) is 5.11. The number of halogens is 1. The van der Waals surface area contributed by atoms with Crippen LogP contribution in [0.5, 0.6) is 0 Å². The van der Waals surface area contributed by atoms with Crippen LogP contribution in [0.2, 0.25) is 0 Å². The van der Waals surface area contributed by atoms with Crippen molar-refractivity contribution in [3.05, 3.63) is 69.0 Å². The Labute approximate surface area is 156 Å². The van der Waals surface area contributed by atoms with Gasteiger partial charge in [0.05, 0.1) is 16.2 Å². The van der Waals surface area contributed by atoms with Gasteiger partial charge in [0.15, 0.2) is 4.32 Å². The molecule has 1 saturated heterocycles. The first kappa shape index (κ1) is 16.9. The molecule has 120 valence electrons. The summed E-state index contributed by atoms with van der Waals surface area (Å²) >= 11 is 9.94. The van der Waals surface area contributed by atoms with Crippen LogP contribution in [0, 0.1) is 0 Å². The highest BCUT2D eigenvalue weighted by molar-refractivity contribution is 9.10. The smallest absolute Gasteiger partial charge is 0.335 e. The molecule has 0 aliphatic carbocycles. The predicted octanol–water partition coefficient (Wildman–Crippen LogP) is 4.55. The summed E-state index contributed by atoms with van der Waals surface area (Å²) in [5, 5.41) is 8.92. The van der Waals surface area contributed by atoms with Gasteiger partial charge < -0.3 is 5.11 Å². The Bertz CT molecular complexity index is 878. The summed E-state index contributed by atoms with van der Waals surface area (Å²) in [4.78, 5) is 25.5. The number of benzene rings is 2. The maximum Gasteiger partial charge on any atom is 0.335 e. The van der Waals surface area contributed by atoms with Gasteiger partial charge in [0.1, 0.15) is 0 Å². The van der Waals surface area contributed by atoms with Crippen LogP contribution in [0.4, 0.5) is 5.69 Å². The van der Waals surface area contributed by atoms with E-state index in [0.29, 0.717) is 14.9 Å². The normalized spacial score (nSPS) is 16.0. The standard InChI is InChI=1S/C17H10BrNO3S2/c18-12-2-1-3-13(9-12)19-15(20)14(24-17(19)23)8-10-4-6-11(7-5-10)16(21)22/h1-9H,(H,21,22)/b14-8+. The number of carbonyl (C=O) groups is 2. The van der Waals surface area contributed by atoms with Crippen LogP contribution in [0.25, 0.3) is 6.08 Å². The molecule has 1 fully saturated rings.